The van der Waals surface area contributed by atoms with Crippen molar-refractivity contribution in [3.05, 3.63) is 76.4 Å². The molecule has 1 aromatic carbocycles. The van der Waals surface area contributed by atoms with Crippen LogP contribution in [0, 0.1) is 5.82 Å². The first-order valence-electron chi connectivity index (χ1n) is 11.9. The molecule has 34 heavy (non-hydrogen) atoms. The first kappa shape index (κ1) is 22.6. The number of hydrogen-bond acceptors (Lipinski definition) is 7. The SMILES string of the molecule is CN1CCN(c2nc(CCCN[C@@H]3C[C@H]3c3ccc(F)cc3)cn(-c3ncccn3)c2=O)CC1. The summed E-state index contributed by atoms with van der Waals surface area (Å²) in [6.45, 7) is 4.19. The number of aryl methyl sites for hydroxylation is 1. The van der Waals surface area contributed by atoms with Gasteiger partial charge in [0.25, 0.3) is 5.56 Å². The minimum atomic E-state index is -0.195. The first-order valence-corrected chi connectivity index (χ1v) is 11.9. The van der Waals surface area contributed by atoms with Crippen molar-refractivity contribution in [1.82, 2.24) is 29.7 Å². The van der Waals surface area contributed by atoms with Gasteiger partial charge in [0.05, 0.1) is 5.69 Å². The van der Waals surface area contributed by atoms with Crippen molar-refractivity contribution in [3.63, 3.8) is 0 Å². The van der Waals surface area contributed by atoms with Crippen molar-refractivity contribution < 1.29 is 4.39 Å². The molecule has 0 amide bonds. The molecule has 3 aromatic rings. The Morgan fingerprint density at radius 3 is 2.56 bits per heavy atom. The number of halogens is 1. The fourth-order valence-electron chi connectivity index (χ4n) is 4.49. The number of aromatic nitrogens is 4. The third-order valence-electron chi connectivity index (χ3n) is 6.61. The van der Waals surface area contributed by atoms with Gasteiger partial charge in [-0.1, -0.05) is 12.1 Å². The number of anilines is 1. The summed E-state index contributed by atoms with van der Waals surface area (Å²) in [5.74, 6) is 1.11. The summed E-state index contributed by atoms with van der Waals surface area (Å²) in [6.07, 6.45) is 7.77. The van der Waals surface area contributed by atoms with E-state index in [4.69, 9.17) is 4.98 Å². The minimum absolute atomic E-state index is 0.183. The van der Waals surface area contributed by atoms with Gasteiger partial charge in [0.2, 0.25) is 5.95 Å². The number of piperazine rings is 1. The topological polar surface area (TPSA) is 79.2 Å². The number of rotatable bonds is 8. The molecule has 1 aliphatic heterocycles. The monoisotopic (exact) mass is 463 g/mol. The molecule has 5 rings (SSSR count). The van der Waals surface area contributed by atoms with Crippen LogP contribution in [-0.4, -0.2) is 70.2 Å². The van der Waals surface area contributed by atoms with Crippen LogP contribution in [0.1, 0.15) is 30.0 Å². The molecule has 2 fully saturated rings. The second-order valence-corrected chi connectivity index (χ2v) is 9.13. The van der Waals surface area contributed by atoms with Gasteiger partial charge in [-0.3, -0.25) is 4.79 Å². The van der Waals surface area contributed by atoms with Crippen molar-refractivity contribution in [2.75, 3.05) is 44.7 Å². The predicted octanol–water partition coefficient (Wildman–Crippen LogP) is 1.99. The Morgan fingerprint density at radius 1 is 1.09 bits per heavy atom. The van der Waals surface area contributed by atoms with E-state index >= 15 is 0 Å². The number of nitrogens with one attached hydrogen (secondary N) is 1. The zero-order chi connectivity index (χ0) is 23.5. The second kappa shape index (κ2) is 9.99. The average molecular weight is 464 g/mol. The molecule has 2 aromatic heterocycles. The van der Waals surface area contributed by atoms with E-state index in [2.05, 4.69) is 32.1 Å². The molecule has 8 nitrogen and oxygen atoms in total. The van der Waals surface area contributed by atoms with Crippen LogP contribution in [0.15, 0.2) is 53.7 Å². The summed E-state index contributed by atoms with van der Waals surface area (Å²) >= 11 is 0. The third kappa shape index (κ3) is 5.15. The van der Waals surface area contributed by atoms with Crippen molar-refractivity contribution >= 4 is 5.82 Å². The molecule has 2 atom stereocenters. The highest BCUT2D eigenvalue weighted by Gasteiger charge is 2.37. The number of hydrogen-bond donors (Lipinski definition) is 1. The molecule has 1 N–H and O–H groups in total. The maximum atomic E-state index is 13.3. The quantitative estimate of drug-likeness (QED) is 0.512. The molecule has 178 valence electrons. The normalized spacial score (nSPS) is 20.5. The van der Waals surface area contributed by atoms with Gasteiger partial charge < -0.3 is 15.1 Å². The summed E-state index contributed by atoms with van der Waals surface area (Å²) in [7, 11) is 2.09. The van der Waals surface area contributed by atoms with Gasteiger partial charge in [-0.2, -0.15) is 0 Å². The summed E-state index contributed by atoms with van der Waals surface area (Å²) in [4.78, 5) is 30.9. The number of benzene rings is 1. The van der Waals surface area contributed by atoms with Gasteiger partial charge in [-0.25, -0.2) is 23.9 Å². The lowest BCUT2D eigenvalue weighted by Crippen LogP contribution is -2.47. The van der Waals surface area contributed by atoms with Gasteiger partial charge in [-0.05, 0) is 56.6 Å². The standard InChI is InChI=1S/C25H30FN7O/c1-31-12-14-32(15-13-31)23-24(34)33(25-28-10-3-11-29-25)17-20(30-23)4-2-9-27-22-16-21(22)18-5-7-19(26)8-6-18/h3,5-8,10-11,17,21-22,27H,2,4,9,12-16H2,1H3/t21-,22+/m0/s1. The summed E-state index contributed by atoms with van der Waals surface area (Å²) < 4.78 is 14.7. The fraction of sp³-hybridized carbons (Fsp3) is 0.440. The molecular weight excluding hydrogens is 433 g/mol. The van der Waals surface area contributed by atoms with Crippen LogP contribution in [0.25, 0.3) is 5.95 Å². The Bertz CT molecular complexity index is 1160. The first-order chi connectivity index (χ1) is 16.6. The minimum Gasteiger partial charge on any atom is -0.349 e. The van der Waals surface area contributed by atoms with Crippen LogP contribution in [0.5, 0.6) is 0 Å². The van der Waals surface area contributed by atoms with Crippen LogP contribution < -0.4 is 15.8 Å². The smallest absolute Gasteiger partial charge is 0.300 e. The maximum absolute atomic E-state index is 13.3. The molecule has 2 aliphatic rings. The Labute approximate surface area is 198 Å². The molecule has 0 spiro atoms. The summed E-state index contributed by atoms with van der Waals surface area (Å²) in [5, 5.41) is 3.60. The van der Waals surface area contributed by atoms with Gasteiger partial charge >= 0.3 is 0 Å². The van der Waals surface area contributed by atoms with E-state index in [0.717, 1.165) is 57.7 Å². The Morgan fingerprint density at radius 2 is 1.82 bits per heavy atom. The summed E-state index contributed by atoms with van der Waals surface area (Å²) in [6, 6.07) is 8.98. The van der Waals surface area contributed by atoms with E-state index in [1.165, 1.54) is 22.3 Å². The van der Waals surface area contributed by atoms with Gasteiger partial charge in [0.1, 0.15) is 5.82 Å². The predicted molar refractivity (Wildman–Crippen MR) is 129 cm³/mol. The van der Waals surface area contributed by atoms with Crippen LogP contribution in [0.4, 0.5) is 10.2 Å². The highest BCUT2D eigenvalue weighted by atomic mass is 19.1. The fourth-order valence-corrected chi connectivity index (χ4v) is 4.49. The lowest BCUT2D eigenvalue weighted by Gasteiger charge is -2.33. The van der Waals surface area contributed by atoms with Crippen LogP contribution in [-0.2, 0) is 6.42 Å². The van der Waals surface area contributed by atoms with E-state index in [1.807, 2.05) is 12.1 Å². The van der Waals surface area contributed by atoms with E-state index < -0.39 is 0 Å². The maximum Gasteiger partial charge on any atom is 0.300 e. The zero-order valence-corrected chi connectivity index (χ0v) is 19.4. The van der Waals surface area contributed by atoms with Crippen molar-refractivity contribution in [1.29, 1.82) is 0 Å². The molecule has 9 heteroatoms. The molecule has 0 radical (unpaired) electrons. The van der Waals surface area contributed by atoms with Crippen molar-refractivity contribution in [3.8, 4) is 5.95 Å². The van der Waals surface area contributed by atoms with E-state index in [9.17, 15) is 9.18 Å². The number of likely N-dealkylation sites (N-methyl/N-ethyl adjacent to an activating group) is 1. The van der Waals surface area contributed by atoms with E-state index in [-0.39, 0.29) is 11.4 Å². The average Bonchev–Trinajstić information content (AvgIpc) is 3.64. The largest absolute Gasteiger partial charge is 0.349 e. The number of nitrogens with zero attached hydrogens (tertiary/aromatic N) is 6. The van der Waals surface area contributed by atoms with Gasteiger partial charge in [0.15, 0.2) is 5.82 Å². The van der Waals surface area contributed by atoms with Crippen molar-refractivity contribution in [2.24, 2.45) is 0 Å². The van der Waals surface area contributed by atoms with Crippen molar-refractivity contribution in [2.45, 2.75) is 31.2 Å². The highest BCUT2D eigenvalue weighted by molar-refractivity contribution is 5.39. The Hall–Kier alpha value is -3.17. The lowest BCUT2D eigenvalue weighted by atomic mass is 10.1. The molecule has 1 saturated heterocycles. The summed E-state index contributed by atoms with van der Waals surface area (Å²) in [5.41, 5.74) is 1.86. The molecule has 3 heterocycles. The molecule has 1 aliphatic carbocycles. The second-order valence-electron chi connectivity index (χ2n) is 9.13. The third-order valence-corrected chi connectivity index (χ3v) is 6.61. The highest BCUT2D eigenvalue weighted by Crippen LogP contribution is 2.40. The van der Waals surface area contributed by atoms with Crippen LogP contribution >= 0.6 is 0 Å². The Kier molecular flexibility index (Phi) is 6.64. The lowest BCUT2D eigenvalue weighted by molar-refractivity contribution is 0.311. The van der Waals surface area contributed by atoms with Crippen LogP contribution in [0.2, 0.25) is 0 Å². The molecular formula is C25H30FN7O. The van der Waals surface area contributed by atoms with E-state index in [1.54, 1.807) is 24.7 Å². The van der Waals surface area contributed by atoms with E-state index in [0.29, 0.717) is 23.7 Å². The van der Waals surface area contributed by atoms with Gasteiger partial charge in [-0.15, -0.1) is 0 Å². The Balaban J connectivity index is 1.25. The zero-order valence-electron chi connectivity index (χ0n) is 19.4. The molecule has 1 saturated carbocycles. The molecule has 0 unspecified atom stereocenters. The van der Waals surface area contributed by atoms with Crippen LogP contribution in [0.3, 0.4) is 0 Å². The van der Waals surface area contributed by atoms with Gasteiger partial charge in [0, 0.05) is 56.7 Å². The molecule has 0 bridgehead atoms.